The number of fused-ring (bicyclic) bond motifs is 1. The Morgan fingerprint density at radius 2 is 1.63 bits per heavy atom. The SMILES string of the molecule is CCOC(=O)c1c(NC(=S)Nc2ccc(S(=O)(=O)Nc3cc(Cl)cc(Cl)c3)cc2)sc2c1CCCCCC2. The topological polar surface area (TPSA) is 96.5 Å². The van der Waals surface area contributed by atoms with Crippen LogP contribution in [0.3, 0.4) is 0 Å². The number of sulfonamides is 1. The number of benzene rings is 2. The van der Waals surface area contributed by atoms with E-state index < -0.39 is 10.0 Å². The van der Waals surface area contributed by atoms with Crippen LogP contribution in [0.1, 0.15) is 53.4 Å². The third-order valence-electron chi connectivity index (χ3n) is 5.92. The van der Waals surface area contributed by atoms with Gasteiger partial charge in [0, 0.05) is 20.6 Å². The molecule has 12 heteroatoms. The maximum atomic E-state index is 12.8. The number of hydrogen-bond donors (Lipinski definition) is 3. The molecule has 1 aliphatic rings. The molecule has 7 nitrogen and oxygen atoms in total. The second kappa shape index (κ2) is 12.7. The molecule has 0 aliphatic heterocycles. The van der Waals surface area contributed by atoms with E-state index >= 15 is 0 Å². The van der Waals surface area contributed by atoms with Crippen LogP contribution in [0.2, 0.25) is 10.0 Å². The number of ether oxygens (including phenoxy) is 1. The predicted octanol–water partition coefficient (Wildman–Crippen LogP) is 7.50. The maximum Gasteiger partial charge on any atom is 0.341 e. The minimum Gasteiger partial charge on any atom is -0.462 e. The Kier molecular flexibility index (Phi) is 9.54. The van der Waals surface area contributed by atoms with Gasteiger partial charge in [-0.2, -0.15) is 0 Å². The van der Waals surface area contributed by atoms with Crippen LogP contribution >= 0.6 is 46.8 Å². The van der Waals surface area contributed by atoms with Crippen LogP contribution in [0.15, 0.2) is 47.4 Å². The molecule has 0 radical (unpaired) electrons. The van der Waals surface area contributed by atoms with E-state index in [1.165, 1.54) is 41.6 Å². The number of carbonyl (C=O) groups is 1. The van der Waals surface area contributed by atoms with Gasteiger partial charge in [0.15, 0.2) is 5.11 Å². The molecule has 3 N–H and O–H groups in total. The van der Waals surface area contributed by atoms with E-state index in [-0.39, 0.29) is 21.7 Å². The lowest BCUT2D eigenvalue weighted by atomic mass is 9.96. The Morgan fingerprint density at radius 1 is 0.974 bits per heavy atom. The van der Waals surface area contributed by atoms with Crippen LogP contribution in [0.4, 0.5) is 16.4 Å². The highest BCUT2D eigenvalue weighted by molar-refractivity contribution is 7.92. The summed E-state index contributed by atoms with van der Waals surface area (Å²) in [7, 11) is -3.86. The van der Waals surface area contributed by atoms with Gasteiger partial charge in [0.25, 0.3) is 10.0 Å². The Hall–Kier alpha value is -2.37. The summed E-state index contributed by atoms with van der Waals surface area (Å²) >= 11 is 19.0. The first-order chi connectivity index (χ1) is 18.2. The molecule has 202 valence electrons. The highest BCUT2D eigenvalue weighted by atomic mass is 35.5. The zero-order valence-electron chi connectivity index (χ0n) is 20.6. The van der Waals surface area contributed by atoms with Crippen molar-refractivity contribution in [3.8, 4) is 0 Å². The first-order valence-corrected chi connectivity index (χ1v) is 15.6. The summed E-state index contributed by atoms with van der Waals surface area (Å²) < 4.78 is 33.4. The standard InChI is InChI=1S/C26H27Cl2N3O4S3/c1-2-35-25(32)23-21-7-5-3-4-6-8-22(21)37-24(23)30-26(36)29-18-9-11-20(12-10-18)38(33,34)31-19-14-16(27)13-17(28)15-19/h9-15,31H,2-8H2,1H3,(H2,29,30,36). The average molecular weight is 613 g/mol. The quantitative estimate of drug-likeness (QED) is 0.188. The van der Waals surface area contributed by atoms with Crippen molar-refractivity contribution in [1.82, 2.24) is 0 Å². The van der Waals surface area contributed by atoms with Gasteiger partial charge in [-0.25, -0.2) is 13.2 Å². The average Bonchev–Trinajstić information content (AvgIpc) is 3.14. The third-order valence-corrected chi connectivity index (χ3v) is 9.16. The second-order valence-corrected chi connectivity index (χ2v) is 12.8. The number of halogens is 2. The van der Waals surface area contributed by atoms with Gasteiger partial charge >= 0.3 is 5.97 Å². The van der Waals surface area contributed by atoms with E-state index in [0.29, 0.717) is 32.9 Å². The molecule has 1 aromatic heterocycles. The highest BCUT2D eigenvalue weighted by Crippen LogP contribution is 2.37. The number of nitrogens with one attached hydrogen (secondary N) is 3. The summed E-state index contributed by atoms with van der Waals surface area (Å²) in [6, 6.07) is 10.6. The van der Waals surface area contributed by atoms with Gasteiger partial charge in [0.2, 0.25) is 0 Å². The molecule has 3 aromatic rings. The van der Waals surface area contributed by atoms with Crippen LogP contribution in [-0.2, 0) is 27.6 Å². The Balaban J connectivity index is 1.48. The van der Waals surface area contributed by atoms with Crippen LogP contribution in [0.25, 0.3) is 0 Å². The first kappa shape index (κ1) is 28.6. The fourth-order valence-corrected chi connectivity index (χ4v) is 7.37. The number of esters is 1. The van der Waals surface area contributed by atoms with Crippen molar-refractivity contribution in [2.24, 2.45) is 0 Å². The number of anilines is 3. The normalized spacial score (nSPS) is 13.6. The highest BCUT2D eigenvalue weighted by Gasteiger charge is 2.26. The van der Waals surface area contributed by atoms with Gasteiger partial charge in [0.05, 0.1) is 22.8 Å². The monoisotopic (exact) mass is 611 g/mol. The fraction of sp³-hybridized carbons (Fsp3) is 0.308. The van der Waals surface area contributed by atoms with E-state index in [0.717, 1.165) is 37.7 Å². The number of rotatable bonds is 7. The summed E-state index contributed by atoms with van der Waals surface area (Å²) in [5.41, 5.74) is 2.46. The van der Waals surface area contributed by atoms with Crippen LogP contribution in [-0.4, -0.2) is 26.1 Å². The molecular weight excluding hydrogens is 585 g/mol. The molecule has 0 saturated carbocycles. The van der Waals surface area contributed by atoms with E-state index in [1.807, 2.05) is 0 Å². The molecule has 0 amide bonds. The zero-order valence-corrected chi connectivity index (χ0v) is 24.6. The first-order valence-electron chi connectivity index (χ1n) is 12.1. The Bertz CT molecular complexity index is 1420. The molecule has 0 atom stereocenters. The van der Waals surface area contributed by atoms with E-state index in [2.05, 4.69) is 15.4 Å². The molecule has 1 aliphatic carbocycles. The van der Waals surface area contributed by atoms with E-state index in [1.54, 1.807) is 30.4 Å². The van der Waals surface area contributed by atoms with Gasteiger partial charge in [0.1, 0.15) is 5.00 Å². The van der Waals surface area contributed by atoms with Crippen molar-refractivity contribution in [1.29, 1.82) is 0 Å². The number of aryl methyl sites for hydroxylation is 1. The van der Waals surface area contributed by atoms with Crippen molar-refractivity contribution in [3.63, 3.8) is 0 Å². The van der Waals surface area contributed by atoms with Crippen molar-refractivity contribution in [2.45, 2.75) is 50.3 Å². The van der Waals surface area contributed by atoms with E-state index in [9.17, 15) is 13.2 Å². The molecule has 4 rings (SSSR count). The van der Waals surface area contributed by atoms with Crippen molar-refractivity contribution < 1.29 is 17.9 Å². The van der Waals surface area contributed by atoms with Crippen LogP contribution in [0.5, 0.6) is 0 Å². The molecule has 1 heterocycles. The van der Waals surface area contributed by atoms with Crippen molar-refractivity contribution >= 4 is 84.2 Å². The molecule has 2 aromatic carbocycles. The van der Waals surface area contributed by atoms with Crippen LogP contribution < -0.4 is 15.4 Å². The molecule has 0 fully saturated rings. The molecule has 0 bridgehead atoms. The number of thiophene rings is 1. The Morgan fingerprint density at radius 3 is 2.29 bits per heavy atom. The summed E-state index contributed by atoms with van der Waals surface area (Å²) in [4.78, 5) is 14.1. The lowest BCUT2D eigenvalue weighted by Gasteiger charge is -2.13. The van der Waals surface area contributed by atoms with Crippen molar-refractivity contribution in [3.05, 3.63) is 68.5 Å². The van der Waals surface area contributed by atoms with Gasteiger partial charge in [-0.15, -0.1) is 11.3 Å². The Labute approximate surface area is 241 Å². The van der Waals surface area contributed by atoms with Gasteiger partial charge in [-0.05, 0) is 92.9 Å². The molecule has 38 heavy (non-hydrogen) atoms. The summed E-state index contributed by atoms with van der Waals surface area (Å²) in [6.07, 6.45) is 6.23. The van der Waals surface area contributed by atoms with Crippen molar-refractivity contribution in [2.75, 3.05) is 22.0 Å². The summed E-state index contributed by atoms with van der Waals surface area (Å²) in [5.74, 6) is -0.348. The predicted molar refractivity (Wildman–Crippen MR) is 160 cm³/mol. The number of thiocarbonyl (C=S) groups is 1. The number of carbonyl (C=O) groups excluding carboxylic acids is 1. The minimum atomic E-state index is -3.86. The summed E-state index contributed by atoms with van der Waals surface area (Å²) in [5, 5.41) is 7.81. The van der Waals surface area contributed by atoms with E-state index in [4.69, 9.17) is 40.2 Å². The second-order valence-electron chi connectivity index (χ2n) is 8.71. The lowest BCUT2D eigenvalue weighted by molar-refractivity contribution is 0.0526. The maximum absolute atomic E-state index is 12.8. The molecule has 0 unspecified atom stereocenters. The lowest BCUT2D eigenvalue weighted by Crippen LogP contribution is -2.20. The third kappa shape index (κ3) is 7.18. The van der Waals surface area contributed by atoms with Crippen LogP contribution in [0, 0.1) is 0 Å². The number of hydrogen-bond acceptors (Lipinski definition) is 6. The molecule has 0 spiro atoms. The zero-order chi connectivity index (χ0) is 27.3. The smallest absolute Gasteiger partial charge is 0.341 e. The van der Waals surface area contributed by atoms with Gasteiger partial charge in [-0.1, -0.05) is 36.0 Å². The summed E-state index contributed by atoms with van der Waals surface area (Å²) in [6.45, 7) is 2.08. The fourth-order valence-electron chi connectivity index (χ4n) is 4.24. The molecule has 0 saturated heterocycles. The largest absolute Gasteiger partial charge is 0.462 e. The van der Waals surface area contributed by atoms with Gasteiger partial charge < -0.3 is 15.4 Å². The molecular formula is C26H27Cl2N3O4S3. The minimum absolute atomic E-state index is 0.0562. The van der Waals surface area contributed by atoms with Gasteiger partial charge in [-0.3, -0.25) is 4.72 Å².